The van der Waals surface area contributed by atoms with Gasteiger partial charge in [-0.05, 0) is 24.6 Å². The molecule has 86 valence electrons. The van der Waals surface area contributed by atoms with Crippen LogP contribution in [0.4, 0.5) is 0 Å². The lowest BCUT2D eigenvalue weighted by molar-refractivity contribution is -0.128. The van der Waals surface area contributed by atoms with E-state index in [9.17, 15) is 4.79 Å². The first-order valence-corrected chi connectivity index (χ1v) is 6.21. The van der Waals surface area contributed by atoms with Crippen LogP contribution in [0.15, 0.2) is 28.7 Å². The number of likely N-dealkylation sites (tertiary alicyclic amines) is 1. The Labute approximate surface area is 104 Å². The van der Waals surface area contributed by atoms with Crippen LogP contribution < -0.4 is 4.74 Å². The van der Waals surface area contributed by atoms with Crippen LogP contribution in [0.1, 0.15) is 12.8 Å². The van der Waals surface area contributed by atoms with Crippen LogP contribution in [-0.4, -0.2) is 30.5 Å². The lowest BCUT2D eigenvalue weighted by Gasteiger charge is -2.15. The maximum atomic E-state index is 11.3. The van der Waals surface area contributed by atoms with Gasteiger partial charge in [-0.2, -0.15) is 0 Å². The largest absolute Gasteiger partial charge is 0.492 e. The number of ether oxygens (including phenoxy) is 1. The summed E-state index contributed by atoms with van der Waals surface area (Å²) in [5, 5.41) is 0. The molecule has 0 bridgehead atoms. The standard InChI is InChI=1S/C12H14BrNO2/c13-10-3-1-4-11(9-10)16-8-7-14-6-2-5-12(14)15/h1,3-4,9H,2,5-8H2. The van der Waals surface area contributed by atoms with Crippen LogP contribution in [0.25, 0.3) is 0 Å². The zero-order valence-corrected chi connectivity index (χ0v) is 10.6. The molecule has 0 spiro atoms. The number of nitrogens with zero attached hydrogens (tertiary/aromatic N) is 1. The second-order valence-electron chi connectivity index (χ2n) is 3.79. The van der Waals surface area contributed by atoms with Gasteiger partial charge in [0, 0.05) is 17.4 Å². The third kappa shape index (κ3) is 2.98. The molecular formula is C12H14BrNO2. The molecule has 4 heteroatoms. The van der Waals surface area contributed by atoms with E-state index in [-0.39, 0.29) is 5.91 Å². The van der Waals surface area contributed by atoms with Crippen molar-refractivity contribution in [3.63, 3.8) is 0 Å². The van der Waals surface area contributed by atoms with Crippen LogP contribution in [0, 0.1) is 0 Å². The first-order valence-electron chi connectivity index (χ1n) is 5.42. The number of carbonyl (C=O) groups is 1. The summed E-state index contributed by atoms with van der Waals surface area (Å²) >= 11 is 3.39. The molecule has 1 saturated heterocycles. The van der Waals surface area contributed by atoms with Crippen molar-refractivity contribution in [2.45, 2.75) is 12.8 Å². The molecule has 0 radical (unpaired) electrons. The molecular weight excluding hydrogens is 270 g/mol. The first-order chi connectivity index (χ1) is 7.75. The van der Waals surface area contributed by atoms with Gasteiger partial charge in [-0.15, -0.1) is 0 Å². The van der Waals surface area contributed by atoms with Gasteiger partial charge in [0.1, 0.15) is 12.4 Å². The monoisotopic (exact) mass is 283 g/mol. The topological polar surface area (TPSA) is 29.5 Å². The number of halogens is 1. The summed E-state index contributed by atoms with van der Waals surface area (Å²) in [6, 6.07) is 7.72. The van der Waals surface area contributed by atoms with E-state index in [4.69, 9.17) is 4.74 Å². The fourth-order valence-corrected chi connectivity index (χ4v) is 2.15. The Bertz CT molecular complexity index is 381. The van der Waals surface area contributed by atoms with Gasteiger partial charge in [-0.1, -0.05) is 22.0 Å². The van der Waals surface area contributed by atoms with Crippen molar-refractivity contribution < 1.29 is 9.53 Å². The minimum absolute atomic E-state index is 0.248. The van der Waals surface area contributed by atoms with Gasteiger partial charge in [-0.3, -0.25) is 4.79 Å². The number of benzene rings is 1. The summed E-state index contributed by atoms with van der Waals surface area (Å²) in [4.78, 5) is 13.2. The van der Waals surface area contributed by atoms with E-state index in [0.717, 1.165) is 23.2 Å². The number of hydrogen-bond acceptors (Lipinski definition) is 2. The predicted octanol–water partition coefficient (Wildman–Crippen LogP) is 2.45. The highest BCUT2D eigenvalue weighted by Crippen LogP contribution is 2.17. The Morgan fingerprint density at radius 3 is 3.00 bits per heavy atom. The Hall–Kier alpha value is -1.03. The summed E-state index contributed by atoms with van der Waals surface area (Å²) < 4.78 is 6.58. The fourth-order valence-electron chi connectivity index (χ4n) is 1.77. The summed E-state index contributed by atoms with van der Waals surface area (Å²) in [6.07, 6.45) is 1.67. The summed E-state index contributed by atoms with van der Waals surface area (Å²) in [6.45, 7) is 2.12. The van der Waals surface area contributed by atoms with Crippen molar-refractivity contribution in [1.29, 1.82) is 0 Å². The molecule has 1 aliphatic heterocycles. The third-order valence-corrected chi connectivity index (χ3v) is 3.09. The lowest BCUT2D eigenvalue weighted by Crippen LogP contribution is -2.29. The quantitative estimate of drug-likeness (QED) is 0.850. The zero-order valence-electron chi connectivity index (χ0n) is 8.99. The van der Waals surface area contributed by atoms with E-state index in [1.807, 2.05) is 29.2 Å². The molecule has 0 saturated carbocycles. The molecule has 1 aromatic rings. The maximum absolute atomic E-state index is 11.3. The number of carbonyl (C=O) groups excluding carboxylic acids is 1. The predicted molar refractivity (Wildman–Crippen MR) is 65.5 cm³/mol. The van der Waals surface area contributed by atoms with Gasteiger partial charge in [0.05, 0.1) is 6.54 Å². The van der Waals surface area contributed by atoms with Crippen LogP contribution >= 0.6 is 15.9 Å². The average Bonchev–Trinajstić information content (AvgIpc) is 2.65. The van der Waals surface area contributed by atoms with Gasteiger partial charge >= 0.3 is 0 Å². The van der Waals surface area contributed by atoms with E-state index >= 15 is 0 Å². The van der Waals surface area contributed by atoms with E-state index in [1.54, 1.807) is 0 Å². The molecule has 0 N–H and O–H groups in total. The van der Waals surface area contributed by atoms with Gasteiger partial charge in [0.2, 0.25) is 5.91 Å². The molecule has 1 heterocycles. The lowest BCUT2D eigenvalue weighted by atomic mass is 10.3. The van der Waals surface area contributed by atoms with Crippen LogP contribution in [0.2, 0.25) is 0 Å². The highest BCUT2D eigenvalue weighted by atomic mass is 79.9. The second-order valence-corrected chi connectivity index (χ2v) is 4.71. The van der Waals surface area contributed by atoms with E-state index < -0.39 is 0 Å². The van der Waals surface area contributed by atoms with Crippen LogP contribution in [-0.2, 0) is 4.79 Å². The second kappa shape index (κ2) is 5.34. The number of amides is 1. The summed E-state index contributed by atoms with van der Waals surface area (Å²) in [5.41, 5.74) is 0. The molecule has 2 rings (SSSR count). The first kappa shape index (κ1) is 11.5. The van der Waals surface area contributed by atoms with E-state index in [0.29, 0.717) is 19.6 Å². The van der Waals surface area contributed by atoms with Crippen LogP contribution in [0.3, 0.4) is 0 Å². The normalized spacial score (nSPS) is 15.6. The average molecular weight is 284 g/mol. The van der Waals surface area contributed by atoms with Gasteiger partial charge in [0.15, 0.2) is 0 Å². The molecule has 0 aromatic heterocycles. The van der Waals surface area contributed by atoms with Crippen molar-refractivity contribution in [2.75, 3.05) is 19.7 Å². The van der Waals surface area contributed by atoms with Crippen molar-refractivity contribution in [2.24, 2.45) is 0 Å². The maximum Gasteiger partial charge on any atom is 0.222 e. The Balaban J connectivity index is 1.77. The fraction of sp³-hybridized carbons (Fsp3) is 0.417. The van der Waals surface area contributed by atoms with E-state index in [2.05, 4.69) is 15.9 Å². The molecule has 0 atom stereocenters. The zero-order chi connectivity index (χ0) is 11.4. The van der Waals surface area contributed by atoms with Crippen molar-refractivity contribution in [1.82, 2.24) is 4.90 Å². The molecule has 1 amide bonds. The molecule has 16 heavy (non-hydrogen) atoms. The highest BCUT2D eigenvalue weighted by molar-refractivity contribution is 9.10. The molecule has 1 aliphatic rings. The smallest absolute Gasteiger partial charge is 0.222 e. The SMILES string of the molecule is O=C1CCCN1CCOc1cccc(Br)c1. The molecule has 0 unspecified atom stereocenters. The minimum Gasteiger partial charge on any atom is -0.492 e. The van der Waals surface area contributed by atoms with E-state index in [1.165, 1.54) is 0 Å². The summed E-state index contributed by atoms with van der Waals surface area (Å²) in [5.74, 6) is 1.08. The molecule has 1 aromatic carbocycles. The van der Waals surface area contributed by atoms with Gasteiger partial charge < -0.3 is 9.64 Å². The molecule has 3 nitrogen and oxygen atoms in total. The Morgan fingerprint density at radius 2 is 2.31 bits per heavy atom. The summed E-state index contributed by atoms with van der Waals surface area (Å²) in [7, 11) is 0. The highest BCUT2D eigenvalue weighted by Gasteiger charge is 2.19. The van der Waals surface area contributed by atoms with Crippen LogP contribution in [0.5, 0.6) is 5.75 Å². The van der Waals surface area contributed by atoms with Gasteiger partial charge in [-0.25, -0.2) is 0 Å². The molecule has 1 fully saturated rings. The Kier molecular flexibility index (Phi) is 3.83. The number of hydrogen-bond donors (Lipinski definition) is 0. The van der Waals surface area contributed by atoms with Crippen molar-refractivity contribution in [3.8, 4) is 5.75 Å². The minimum atomic E-state index is 0.248. The number of rotatable bonds is 4. The third-order valence-electron chi connectivity index (χ3n) is 2.60. The Morgan fingerprint density at radius 1 is 1.44 bits per heavy atom. The van der Waals surface area contributed by atoms with Crippen molar-refractivity contribution >= 4 is 21.8 Å². The molecule has 0 aliphatic carbocycles. The van der Waals surface area contributed by atoms with Crippen molar-refractivity contribution in [3.05, 3.63) is 28.7 Å². The van der Waals surface area contributed by atoms with Gasteiger partial charge in [0.25, 0.3) is 0 Å².